The highest BCUT2D eigenvalue weighted by molar-refractivity contribution is 7.09. The molecule has 0 saturated carbocycles. The minimum Gasteiger partial charge on any atom is -0.357 e. The van der Waals surface area contributed by atoms with Crippen LogP contribution < -0.4 is 10.2 Å². The molecular weight excluding hydrogens is 379 g/mol. The Morgan fingerprint density at radius 3 is 2.52 bits per heavy atom. The lowest BCUT2D eigenvalue weighted by Gasteiger charge is -2.36. The van der Waals surface area contributed by atoms with E-state index in [2.05, 4.69) is 29.5 Å². The van der Waals surface area contributed by atoms with Gasteiger partial charge in [-0.25, -0.2) is 4.98 Å². The van der Waals surface area contributed by atoms with Crippen molar-refractivity contribution >= 4 is 22.6 Å². The Bertz CT molecular complexity index is 597. The SMILES string of the molecule is CCNC(=NCCN(C)CC(F)(F)F)N1CCN(c2nc(CC)ns2)CC1. The number of guanidine groups is 1. The lowest BCUT2D eigenvalue weighted by Crippen LogP contribution is -2.52. The first kappa shape index (κ1) is 21.7. The third-order valence-electron chi connectivity index (χ3n) is 4.15. The summed E-state index contributed by atoms with van der Waals surface area (Å²) in [5, 5.41) is 4.18. The van der Waals surface area contributed by atoms with Gasteiger partial charge in [0, 0.05) is 57.2 Å². The lowest BCUT2D eigenvalue weighted by atomic mass is 10.3. The number of nitrogens with one attached hydrogen (secondary N) is 1. The fourth-order valence-electron chi connectivity index (χ4n) is 2.76. The van der Waals surface area contributed by atoms with Crippen molar-refractivity contribution in [2.45, 2.75) is 26.4 Å². The molecule has 1 aliphatic heterocycles. The van der Waals surface area contributed by atoms with E-state index in [4.69, 9.17) is 0 Å². The van der Waals surface area contributed by atoms with E-state index in [0.717, 1.165) is 49.5 Å². The van der Waals surface area contributed by atoms with Gasteiger partial charge < -0.3 is 15.1 Å². The molecule has 27 heavy (non-hydrogen) atoms. The van der Waals surface area contributed by atoms with Gasteiger partial charge >= 0.3 is 6.18 Å². The van der Waals surface area contributed by atoms with Gasteiger partial charge in [-0.2, -0.15) is 17.5 Å². The van der Waals surface area contributed by atoms with Crippen LogP contribution in [0.1, 0.15) is 19.7 Å². The minimum absolute atomic E-state index is 0.263. The maximum absolute atomic E-state index is 12.4. The lowest BCUT2D eigenvalue weighted by molar-refractivity contribution is -0.142. The first-order chi connectivity index (χ1) is 12.8. The Labute approximate surface area is 162 Å². The number of piperazine rings is 1. The zero-order valence-electron chi connectivity index (χ0n) is 16.1. The van der Waals surface area contributed by atoms with Crippen molar-refractivity contribution in [3.8, 4) is 0 Å². The van der Waals surface area contributed by atoms with Crippen LogP contribution in [0.5, 0.6) is 0 Å². The molecule has 2 rings (SSSR count). The van der Waals surface area contributed by atoms with Gasteiger partial charge in [-0.15, -0.1) is 0 Å². The van der Waals surface area contributed by atoms with Crippen LogP contribution in [0.15, 0.2) is 4.99 Å². The van der Waals surface area contributed by atoms with E-state index in [9.17, 15) is 13.2 Å². The quantitative estimate of drug-likeness (QED) is 0.548. The van der Waals surface area contributed by atoms with Crippen molar-refractivity contribution in [1.82, 2.24) is 24.5 Å². The average molecular weight is 408 g/mol. The molecule has 2 heterocycles. The van der Waals surface area contributed by atoms with Gasteiger partial charge in [0.1, 0.15) is 5.82 Å². The highest BCUT2D eigenvalue weighted by Crippen LogP contribution is 2.19. The predicted molar refractivity (Wildman–Crippen MR) is 103 cm³/mol. The van der Waals surface area contributed by atoms with Crippen molar-refractivity contribution in [2.24, 2.45) is 4.99 Å². The molecule has 0 radical (unpaired) electrons. The fraction of sp³-hybridized carbons (Fsp3) is 0.812. The number of aryl methyl sites for hydroxylation is 1. The summed E-state index contributed by atoms with van der Waals surface area (Å²) in [6.45, 7) is 7.60. The highest BCUT2D eigenvalue weighted by atomic mass is 32.1. The maximum Gasteiger partial charge on any atom is 0.401 e. The summed E-state index contributed by atoms with van der Waals surface area (Å²) in [4.78, 5) is 14.6. The Kier molecular flexibility index (Phi) is 8.08. The first-order valence-corrected chi connectivity index (χ1v) is 9.95. The van der Waals surface area contributed by atoms with Crippen LogP contribution in [0, 0.1) is 0 Å². The number of aromatic nitrogens is 2. The van der Waals surface area contributed by atoms with E-state index in [1.165, 1.54) is 23.5 Å². The largest absolute Gasteiger partial charge is 0.401 e. The van der Waals surface area contributed by atoms with Crippen molar-refractivity contribution in [1.29, 1.82) is 0 Å². The summed E-state index contributed by atoms with van der Waals surface area (Å²) in [5.74, 6) is 1.62. The monoisotopic (exact) mass is 407 g/mol. The van der Waals surface area contributed by atoms with Crippen LogP contribution >= 0.6 is 11.5 Å². The molecule has 0 amide bonds. The number of rotatable bonds is 7. The summed E-state index contributed by atoms with van der Waals surface area (Å²) >= 11 is 1.43. The van der Waals surface area contributed by atoms with Crippen molar-refractivity contribution in [3.63, 3.8) is 0 Å². The number of anilines is 1. The van der Waals surface area contributed by atoms with Gasteiger partial charge in [0.05, 0.1) is 13.1 Å². The van der Waals surface area contributed by atoms with Gasteiger partial charge in [-0.05, 0) is 14.0 Å². The molecule has 1 aromatic rings. The third-order valence-corrected chi connectivity index (χ3v) is 4.97. The second-order valence-corrected chi connectivity index (χ2v) is 7.14. The van der Waals surface area contributed by atoms with Crippen LogP contribution in [-0.4, -0.2) is 90.7 Å². The molecular formula is C16H28F3N7S. The highest BCUT2D eigenvalue weighted by Gasteiger charge is 2.29. The number of halogens is 3. The molecule has 7 nitrogen and oxygen atoms in total. The summed E-state index contributed by atoms with van der Waals surface area (Å²) in [6, 6.07) is 0. The zero-order valence-corrected chi connectivity index (χ0v) is 16.9. The fourth-order valence-corrected chi connectivity index (χ4v) is 3.57. The van der Waals surface area contributed by atoms with Gasteiger partial charge in [-0.3, -0.25) is 9.89 Å². The molecule has 0 unspecified atom stereocenters. The van der Waals surface area contributed by atoms with Crippen LogP contribution in [-0.2, 0) is 6.42 Å². The zero-order chi connectivity index (χ0) is 19.9. The van der Waals surface area contributed by atoms with E-state index >= 15 is 0 Å². The predicted octanol–water partition coefficient (Wildman–Crippen LogP) is 1.68. The second-order valence-electron chi connectivity index (χ2n) is 6.41. The molecule has 0 aliphatic carbocycles. The van der Waals surface area contributed by atoms with Crippen LogP contribution in [0.3, 0.4) is 0 Å². The molecule has 1 aromatic heterocycles. The Hall–Kier alpha value is -1.62. The number of hydrogen-bond acceptors (Lipinski definition) is 6. The Morgan fingerprint density at radius 2 is 1.96 bits per heavy atom. The molecule has 1 N–H and O–H groups in total. The molecule has 0 atom stereocenters. The number of nitrogens with zero attached hydrogens (tertiary/aromatic N) is 6. The second kappa shape index (κ2) is 10.1. The molecule has 0 bridgehead atoms. The molecule has 1 fully saturated rings. The molecule has 0 spiro atoms. The third kappa shape index (κ3) is 7.13. The molecule has 1 saturated heterocycles. The Morgan fingerprint density at radius 1 is 1.26 bits per heavy atom. The van der Waals surface area contributed by atoms with Gasteiger partial charge in [-0.1, -0.05) is 6.92 Å². The van der Waals surface area contributed by atoms with Crippen LogP contribution in [0.2, 0.25) is 0 Å². The van der Waals surface area contributed by atoms with Crippen molar-refractivity contribution in [3.05, 3.63) is 5.82 Å². The van der Waals surface area contributed by atoms with Gasteiger partial charge in [0.2, 0.25) is 5.13 Å². The molecule has 11 heteroatoms. The van der Waals surface area contributed by atoms with E-state index in [-0.39, 0.29) is 6.54 Å². The van der Waals surface area contributed by atoms with Gasteiger partial charge in [0.25, 0.3) is 0 Å². The number of hydrogen-bond donors (Lipinski definition) is 1. The summed E-state index contributed by atoms with van der Waals surface area (Å²) in [6.07, 6.45) is -3.35. The van der Waals surface area contributed by atoms with E-state index in [1.807, 2.05) is 13.8 Å². The van der Waals surface area contributed by atoms with Gasteiger partial charge in [0.15, 0.2) is 5.96 Å². The number of likely N-dealkylation sites (N-methyl/N-ethyl adjacent to an activating group) is 1. The number of alkyl halides is 3. The molecule has 1 aliphatic rings. The summed E-state index contributed by atoms with van der Waals surface area (Å²) in [7, 11) is 1.46. The number of aliphatic imine (C=N–C) groups is 1. The minimum atomic E-state index is -4.18. The molecule has 0 aromatic carbocycles. The van der Waals surface area contributed by atoms with E-state index in [1.54, 1.807) is 0 Å². The topological polar surface area (TPSA) is 59.9 Å². The van der Waals surface area contributed by atoms with Crippen molar-refractivity contribution in [2.75, 3.05) is 64.3 Å². The molecule has 154 valence electrons. The van der Waals surface area contributed by atoms with Crippen LogP contribution in [0.4, 0.5) is 18.3 Å². The van der Waals surface area contributed by atoms with Crippen molar-refractivity contribution < 1.29 is 13.2 Å². The smallest absolute Gasteiger partial charge is 0.357 e. The first-order valence-electron chi connectivity index (χ1n) is 9.18. The average Bonchev–Trinajstić information content (AvgIpc) is 3.09. The summed E-state index contributed by atoms with van der Waals surface area (Å²) in [5.41, 5.74) is 0. The maximum atomic E-state index is 12.4. The van der Waals surface area contributed by atoms with E-state index < -0.39 is 12.7 Å². The standard InChI is InChI=1S/C16H28F3N7S/c1-4-13-22-15(27-23-13)26-10-8-25(9-11-26)14(20-5-2)21-6-7-24(3)12-16(17,18)19/h4-12H2,1-3H3,(H,20,21). The normalized spacial score (nSPS) is 16.3. The van der Waals surface area contributed by atoms with Crippen LogP contribution in [0.25, 0.3) is 0 Å². The summed E-state index contributed by atoms with van der Waals surface area (Å²) < 4.78 is 41.5. The van der Waals surface area contributed by atoms with E-state index in [0.29, 0.717) is 13.1 Å². The Balaban J connectivity index is 1.85.